The van der Waals surface area contributed by atoms with Crippen LogP contribution in [0.3, 0.4) is 0 Å². The maximum Gasteiger partial charge on any atom is 0.198 e. The third kappa shape index (κ3) is 2.14. The Morgan fingerprint density at radius 3 is 3.11 bits per heavy atom. The van der Waals surface area contributed by atoms with E-state index < -0.39 is 0 Å². The number of rotatable bonds is 3. The summed E-state index contributed by atoms with van der Waals surface area (Å²) in [6.45, 7) is 0.878. The molecule has 0 amide bonds. The molecule has 1 aliphatic heterocycles. The van der Waals surface area contributed by atoms with Crippen molar-refractivity contribution in [3.05, 3.63) is 0 Å². The van der Waals surface area contributed by atoms with Gasteiger partial charge in [0.25, 0.3) is 0 Å². The van der Waals surface area contributed by atoms with E-state index >= 15 is 0 Å². The van der Waals surface area contributed by atoms with Gasteiger partial charge in [-0.05, 0) is 19.3 Å². The quantitative estimate of drug-likeness (QED) is 0.566. The summed E-state index contributed by atoms with van der Waals surface area (Å²) in [5.41, 5.74) is 0. The summed E-state index contributed by atoms with van der Waals surface area (Å²) in [6, 6.07) is 0. The number of hydrogen-bond acceptors (Lipinski definition) is 2. The topological polar surface area (TPSA) is 26.3 Å². The lowest BCUT2D eigenvalue weighted by atomic mass is 10.1. The van der Waals surface area contributed by atoms with Gasteiger partial charge in [0, 0.05) is 13.0 Å². The molecule has 1 aliphatic rings. The highest BCUT2D eigenvalue weighted by atomic mass is 16.5. The first-order valence-electron chi connectivity index (χ1n) is 3.40. The lowest BCUT2D eigenvalue weighted by molar-refractivity contribution is 0.106. The van der Waals surface area contributed by atoms with Crippen LogP contribution in [-0.4, -0.2) is 19.0 Å². The largest absolute Gasteiger partial charge is 0.378 e. The molecule has 0 aromatic carbocycles. The first-order chi connectivity index (χ1) is 4.43. The summed E-state index contributed by atoms with van der Waals surface area (Å²) in [4.78, 5) is 9.78. The molecular formula is C7H11O2. The number of ether oxygens (including phenoxy) is 1. The van der Waals surface area contributed by atoms with Crippen LogP contribution in [0.2, 0.25) is 0 Å². The fraction of sp³-hybridized carbons (Fsp3) is 0.857. The molecule has 0 N–H and O–H groups in total. The minimum Gasteiger partial charge on any atom is -0.378 e. The Hall–Kier alpha value is -0.370. The monoisotopic (exact) mass is 127 g/mol. The van der Waals surface area contributed by atoms with E-state index in [0.717, 1.165) is 25.9 Å². The Morgan fingerprint density at radius 2 is 2.56 bits per heavy atom. The van der Waals surface area contributed by atoms with E-state index in [1.807, 2.05) is 6.29 Å². The van der Waals surface area contributed by atoms with Crippen molar-refractivity contribution in [2.24, 2.45) is 0 Å². The molecule has 0 spiro atoms. The molecule has 1 heterocycles. The SMILES string of the molecule is O=[C]CCC1CCCO1. The van der Waals surface area contributed by atoms with Crippen LogP contribution < -0.4 is 0 Å². The Labute approximate surface area is 55.2 Å². The van der Waals surface area contributed by atoms with Crippen LogP contribution in [0.4, 0.5) is 0 Å². The molecule has 1 atom stereocenters. The fourth-order valence-electron chi connectivity index (χ4n) is 1.09. The predicted molar refractivity (Wildman–Crippen MR) is 33.9 cm³/mol. The number of hydrogen-bond donors (Lipinski definition) is 0. The molecule has 0 aromatic rings. The second-order valence-electron chi connectivity index (χ2n) is 2.32. The molecule has 0 saturated carbocycles. The van der Waals surface area contributed by atoms with Crippen LogP contribution in [0.25, 0.3) is 0 Å². The van der Waals surface area contributed by atoms with Gasteiger partial charge >= 0.3 is 0 Å². The second kappa shape index (κ2) is 3.62. The lowest BCUT2D eigenvalue weighted by Crippen LogP contribution is -2.03. The second-order valence-corrected chi connectivity index (χ2v) is 2.32. The van der Waals surface area contributed by atoms with Gasteiger partial charge in [0.05, 0.1) is 6.10 Å². The Morgan fingerprint density at radius 1 is 1.67 bits per heavy atom. The van der Waals surface area contributed by atoms with Crippen LogP contribution >= 0.6 is 0 Å². The lowest BCUT2D eigenvalue weighted by Gasteiger charge is -2.03. The highest BCUT2D eigenvalue weighted by Gasteiger charge is 2.13. The molecule has 1 saturated heterocycles. The molecule has 0 aromatic heterocycles. The molecule has 1 unspecified atom stereocenters. The van der Waals surface area contributed by atoms with Gasteiger partial charge in [0.15, 0.2) is 6.29 Å². The smallest absolute Gasteiger partial charge is 0.198 e. The Balaban J connectivity index is 2.04. The highest BCUT2D eigenvalue weighted by Crippen LogP contribution is 2.15. The maximum atomic E-state index is 9.78. The standard InChI is InChI=1S/C7H11O2/c8-5-1-3-7-4-2-6-9-7/h7H,1-4,6H2. The van der Waals surface area contributed by atoms with Crippen molar-refractivity contribution < 1.29 is 9.53 Å². The van der Waals surface area contributed by atoms with Gasteiger partial charge < -0.3 is 4.74 Å². The van der Waals surface area contributed by atoms with E-state index in [4.69, 9.17) is 4.74 Å². The van der Waals surface area contributed by atoms with Gasteiger partial charge in [-0.1, -0.05) is 0 Å². The summed E-state index contributed by atoms with van der Waals surface area (Å²) in [6.07, 6.45) is 5.90. The van der Waals surface area contributed by atoms with Crippen molar-refractivity contribution in [1.82, 2.24) is 0 Å². The summed E-state index contributed by atoms with van der Waals surface area (Å²) in [5.74, 6) is 0. The Bertz CT molecular complexity index is 84.9. The van der Waals surface area contributed by atoms with Crippen molar-refractivity contribution in [1.29, 1.82) is 0 Å². The molecule has 9 heavy (non-hydrogen) atoms. The zero-order chi connectivity index (χ0) is 6.53. The van der Waals surface area contributed by atoms with E-state index in [1.165, 1.54) is 0 Å². The van der Waals surface area contributed by atoms with E-state index in [2.05, 4.69) is 0 Å². The molecule has 1 fully saturated rings. The normalized spacial score (nSPS) is 26.4. The Kier molecular flexibility index (Phi) is 2.71. The van der Waals surface area contributed by atoms with E-state index in [1.54, 1.807) is 0 Å². The van der Waals surface area contributed by atoms with Crippen LogP contribution in [0.1, 0.15) is 25.7 Å². The van der Waals surface area contributed by atoms with Crippen molar-refractivity contribution in [2.45, 2.75) is 31.8 Å². The van der Waals surface area contributed by atoms with Crippen molar-refractivity contribution >= 4 is 6.29 Å². The third-order valence-corrected chi connectivity index (χ3v) is 1.59. The molecule has 1 rings (SSSR count). The summed E-state index contributed by atoms with van der Waals surface area (Å²) >= 11 is 0. The minimum atomic E-state index is 0.353. The molecule has 1 radical (unpaired) electrons. The van der Waals surface area contributed by atoms with Gasteiger partial charge in [-0.25, -0.2) is 0 Å². The number of carbonyl (C=O) groups excluding carboxylic acids is 1. The van der Waals surface area contributed by atoms with Crippen molar-refractivity contribution in [3.8, 4) is 0 Å². The van der Waals surface area contributed by atoms with Gasteiger partial charge in [-0.3, -0.25) is 4.79 Å². The predicted octanol–water partition coefficient (Wildman–Crippen LogP) is 1.06. The minimum absolute atomic E-state index is 0.353. The third-order valence-electron chi connectivity index (χ3n) is 1.59. The zero-order valence-corrected chi connectivity index (χ0v) is 5.43. The average molecular weight is 127 g/mol. The van der Waals surface area contributed by atoms with Gasteiger partial charge in [-0.2, -0.15) is 0 Å². The van der Waals surface area contributed by atoms with Crippen LogP contribution in [0, 0.1) is 0 Å². The van der Waals surface area contributed by atoms with Crippen molar-refractivity contribution in [2.75, 3.05) is 6.61 Å². The van der Waals surface area contributed by atoms with Crippen LogP contribution in [0.5, 0.6) is 0 Å². The molecule has 2 heteroatoms. The summed E-state index contributed by atoms with van der Waals surface area (Å²) < 4.78 is 5.28. The van der Waals surface area contributed by atoms with Gasteiger partial charge in [0.1, 0.15) is 0 Å². The average Bonchev–Trinajstić information content (AvgIpc) is 2.34. The fourth-order valence-corrected chi connectivity index (χ4v) is 1.09. The molecule has 2 nitrogen and oxygen atoms in total. The van der Waals surface area contributed by atoms with Crippen molar-refractivity contribution in [3.63, 3.8) is 0 Å². The van der Waals surface area contributed by atoms with Gasteiger partial charge in [0.2, 0.25) is 0 Å². The molecular weight excluding hydrogens is 116 g/mol. The first-order valence-corrected chi connectivity index (χ1v) is 3.40. The van der Waals surface area contributed by atoms with E-state index in [-0.39, 0.29) is 0 Å². The highest BCUT2D eigenvalue weighted by molar-refractivity contribution is 5.50. The summed E-state index contributed by atoms with van der Waals surface area (Å²) in [7, 11) is 0. The van der Waals surface area contributed by atoms with Gasteiger partial charge in [-0.15, -0.1) is 0 Å². The maximum absolute atomic E-state index is 9.78. The summed E-state index contributed by atoms with van der Waals surface area (Å²) in [5, 5.41) is 0. The van der Waals surface area contributed by atoms with Crippen LogP contribution in [0.15, 0.2) is 0 Å². The zero-order valence-electron chi connectivity index (χ0n) is 5.43. The first kappa shape index (κ1) is 6.75. The molecule has 51 valence electrons. The van der Waals surface area contributed by atoms with Crippen LogP contribution in [-0.2, 0) is 9.53 Å². The van der Waals surface area contributed by atoms with E-state index in [0.29, 0.717) is 12.5 Å². The molecule has 0 aliphatic carbocycles. The molecule has 0 bridgehead atoms. The van der Waals surface area contributed by atoms with E-state index in [9.17, 15) is 4.79 Å².